The van der Waals surface area contributed by atoms with E-state index in [1.54, 1.807) is 6.26 Å². The molecule has 5 nitrogen and oxygen atoms in total. The van der Waals surface area contributed by atoms with Gasteiger partial charge in [-0.05, 0) is 48.7 Å². The van der Waals surface area contributed by atoms with E-state index in [-0.39, 0.29) is 11.8 Å². The smallest absolute Gasteiger partial charge is 0.259 e. The predicted octanol–water partition coefficient (Wildman–Crippen LogP) is 5.04. The Hall–Kier alpha value is -3.34. The zero-order valence-electron chi connectivity index (χ0n) is 17.4. The highest BCUT2D eigenvalue weighted by molar-refractivity contribution is 6.12. The van der Waals surface area contributed by atoms with Crippen LogP contribution in [0.2, 0.25) is 0 Å². The molecule has 158 valence electrons. The Morgan fingerprint density at radius 2 is 1.71 bits per heavy atom. The van der Waals surface area contributed by atoms with E-state index in [1.807, 2.05) is 71.6 Å². The van der Waals surface area contributed by atoms with Gasteiger partial charge in [-0.15, -0.1) is 0 Å². The number of furan rings is 1. The van der Waals surface area contributed by atoms with Gasteiger partial charge in [-0.3, -0.25) is 9.59 Å². The van der Waals surface area contributed by atoms with E-state index in [1.165, 1.54) is 0 Å². The average molecular weight is 415 g/mol. The van der Waals surface area contributed by atoms with Crippen molar-refractivity contribution in [1.29, 1.82) is 0 Å². The Kier molecular flexibility index (Phi) is 5.10. The summed E-state index contributed by atoms with van der Waals surface area (Å²) in [5, 5.41) is 3.08. The first-order valence-electron chi connectivity index (χ1n) is 11.0. The van der Waals surface area contributed by atoms with Crippen LogP contribution < -0.4 is 10.2 Å². The van der Waals surface area contributed by atoms with Crippen molar-refractivity contribution in [2.45, 2.75) is 50.1 Å². The summed E-state index contributed by atoms with van der Waals surface area (Å²) in [7, 11) is 0. The van der Waals surface area contributed by atoms with Gasteiger partial charge in [-0.2, -0.15) is 0 Å². The minimum absolute atomic E-state index is 0.0150. The van der Waals surface area contributed by atoms with Crippen molar-refractivity contribution in [1.82, 2.24) is 5.32 Å². The van der Waals surface area contributed by atoms with Crippen LogP contribution in [0.25, 0.3) is 0 Å². The molecule has 1 saturated carbocycles. The van der Waals surface area contributed by atoms with Crippen molar-refractivity contribution in [2.24, 2.45) is 0 Å². The lowest BCUT2D eigenvalue weighted by atomic mass is 9.65. The van der Waals surface area contributed by atoms with Crippen molar-refractivity contribution in [2.75, 3.05) is 4.90 Å². The van der Waals surface area contributed by atoms with Gasteiger partial charge in [0.25, 0.3) is 5.91 Å². The first-order chi connectivity index (χ1) is 15.2. The van der Waals surface area contributed by atoms with Gasteiger partial charge in [-0.1, -0.05) is 55.7 Å². The van der Waals surface area contributed by atoms with E-state index >= 15 is 0 Å². The van der Waals surface area contributed by atoms with E-state index in [0.29, 0.717) is 17.9 Å². The molecule has 1 atom stereocenters. The van der Waals surface area contributed by atoms with Gasteiger partial charge in [0.15, 0.2) is 0 Å². The summed E-state index contributed by atoms with van der Waals surface area (Å²) in [6.07, 6.45) is 6.35. The van der Waals surface area contributed by atoms with E-state index in [4.69, 9.17) is 4.42 Å². The molecule has 2 aromatic carbocycles. The number of hydrogen-bond donors (Lipinski definition) is 1. The van der Waals surface area contributed by atoms with Crippen molar-refractivity contribution in [3.05, 3.63) is 89.9 Å². The first kappa shape index (κ1) is 19.6. The third-order valence-corrected chi connectivity index (χ3v) is 6.70. The number of nitrogens with zero attached hydrogens (tertiary/aromatic N) is 1. The monoisotopic (exact) mass is 414 g/mol. The molecule has 3 aromatic rings. The molecule has 5 heteroatoms. The zero-order valence-corrected chi connectivity index (χ0v) is 17.4. The van der Waals surface area contributed by atoms with Gasteiger partial charge in [0.05, 0.1) is 24.3 Å². The molecule has 2 heterocycles. The van der Waals surface area contributed by atoms with E-state index in [0.717, 1.165) is 43.4 Å². The zero-order chi connectivity index (χ0) is 21.3. The van der Waals surface area contributed by atoms with Crippen molar-refractivity contribution in [3.8, 4) is 0 Å². The number of carbonyl (C=O) groups excluding carboxylic acids is 2. The van der Waals surface area contributed by atoms with Crippen LogP contribution in [0.4, 0.5) is 5.69 Å². The highest BCUT2D eigenvalue weighted by Gasteiger charge is 2.55. The molecule has 1 spiro atoms. The summed E-state index contributed by atoms with van der Waals surface area (Å²) in [5.41, 5.74) is 1.73. The molecule has 0 unspecified atom stereocenters. The van der Waals surface area contributed by atoms with E-state index in [9.17, 15) is 9.59 Å². The highest BCUT2D eigenvalue weighted by Crippen LogP contribution is 2.50. The topological polar surface area (TPSA) is 62.6 Å². The predicted molar refractivity (Wildman–Crippen MR) is 119 cm³/mol. The number of carbonyl (C=O) groups is 2. The number of para-hydroxylation sites is 1. The number of anilines is 1. The van der Waals surface area contributed by atoms with Crippen molar-refractivity contribution < 1.29 is 14.0 Å². The summed E-state index contributed by atoms with van der Waals surface area (Å²) in [6, 6.07) is 21.1. The highest BCUT2D eigenvalue weighted by atomic mass is 16.3. The standard InChI is InChI=1S/C26H26N2O3/c29-24(27-18-20-12-9-17-31-20)23-21-13-5-6-14-22(21)25(30)28(19-10-3-1-4-11-19)26(23)15-7-2-8-16-26/h1,3-6,9-14,17,23H,2,7-8,15-16,18H2,(H,27,29)/t23-/m1/s1. The molecule has 31 heavy (non-hydrogen) atoms. The van der Waals surface area contributed by atoms with Crippen LogP contribution in [0.3, 0.4) is 0 Å². The van der Waals surface area contributed by atoms with Crippen LogP contribution in [-0.2, 0) is 11.3 Å². The second-order valence-electron chi connectivity index (χ2n) is 8.46. The van der Waals surface area contributed by atoms with Crippen LogP contribution in [0.15, 0.2) is 77.4 Å². The first-order valence-corrected chi connectivity index (χ1v) is 11.0. The molecule has 1 aliphatic carbocycles. The minimum atomic E-state index is -0.571. The Balaban J connectivity index is 1.63. The number of hydrogen-bond acceptors (Lipinski definition) is 3. The number of nitrogens with one attached hydrogen (secondary N) is 1. The molecular formula is C26H26N2O3. The molecule has 0 radical (unpaired) electrons. The lowest BCUT2D eigenvalue weighted by molar-refractivity contribution is -0.124. The number of benzene rings is 2. The largest absolute Gasteiger partial charge is 0.467 e. The van der Waals surface area contributed by atoms with E-state index < -0.39 is 11.5 Å². The molecule has 1 aliphatic heterocycles. The van der Waals surface area contributed by atoms with Gasteiger partial charge >= 0.3 is 0 Å². The van der Waals surface area contributed by atoms with Crippen LogP contribution in [0.1, 0.15) is 59.7 Å². The maximum atomic E-state index is 13.8. The minimum Gasteiger partial charge on any atom is -0.467 e. The molecule has 1 aromatic heterocycles. The average Bonchev–Trinajstić information content (AvgIpc) is 3.33. The lowest BCUT2D eigenvalue weighted by Crippen LogP contribution is -2.63. The summed E-state index contributed by atoms with van der Waals surface area (Å²) in [6.45, 7) is 0.333. The molecule has 0 bridgehead atoms. The van der Waals surface area contributed by atoms with Gasteiger partial charge < -0.3 is 14.6 Å². The molecule has 5 rings (SSSR count). The Bertz CT molecular complexity index is 1070. The van der Waals surface area contributed by atoms with Crippen molar-refractivity contribution >= 4 is 17.5 Å². The Morgan fingerprint density at radius 1 is 0.968 bits per heavy atom. The molecule has 0 saturated heterocycles. The quantitative estimate of drug-likeness (QED) is 0.650. The summed E-state index contributed by atoms with van der Waals surface area (Å²) >= 11 is 0. The number of fused-ring (bicyclic) bond motifs is 1. The van der Waals surface area contributed by atoms with Crippen LogP contribution in [0, 0.1) is 0 Å². The second kappa shape index (κ2) is 8.06. The van der Waals surface area contributed by atoms with Gasteiger partial charge in [0, 0.05) is 11.3 Å². The van der Waals surface area contributed by atoms with Gasteiger partial charge in [0.2, 0.25) is 5.91 Å². The van der Waals surface area contributed by atoms with E-state index in [2.05, 4.69) is 5.32 Å². The number of amides is 2. The van der Waals surface area contributed by atoms with Crippen molar-refractivity contribution in [3.63, 3.8) is 0 Å². The van der Waals surface area contributed by atoms with Crippen LogP contribution >= 0.6 is 0 Å². The lowest BCUT2D eigenvalue weighted by Gasteiger charge is -2.53. The fraction of sp³-hybridized carbons (Fsp3) is 0.308. The summed E-state index contributed by atoms with van der Waals surface area (Å²) in [5.74, 6) is 0.209. The summed E-state index contributed by atoms with van der Waals surface area (Å²) < 4.78 is 5.41. The van der Waals surface area contributed by atoms with Crippen LogP contribution in [0.5, 0.6) is 0 Å². The fourth-order valence-electron chi connectivity index (χ4n) is 5.39. The molecule has 1 N–H and O–H groups in total. The molecule has 1 fully saturated rings. The Labute approximate surface area is 182 Å². The third kappa shape index (κ3) is 3.34. The fourth-order valence-corrected chi connectivity index (χ4v) is 5.39. The third-order valence-electron chi connectivity index (χ3n) is 6.70. The van der Waals surface area contributed by atoms with Gasteiger partial charge in [0.1, 0.15) is 5.76 Å². The summed E-state index contributed by atoms with van der Waals surface area (Å²) in [4.78, 5) is 29.4. The molecular weight excluding hydrogens is 388 g/mol. The number of rotatable bonds is 4. The SMILES string of the molecule is O=C(NCc1ccco1)[C@H]1c2ccccc2C(=O)N(c2ccccc2)C12CCCCC2. The van der Waals surface area contributed by atoms with Crippen LogP contribution in [-0.4, -0.2) is 17.4 Å². The molecule has 2 aliphatic rings. The van der Waals surface area contributed by atoms with Gasteiger partial charge in [-0.25, -0.2) is 0 Å². The maximum absolute atomic E-state index is 13.8. The Morgan fingerprint density at radius 3 is 2.45 bits per heavy atom. The normalized spacial score (nSPS) is 19.8. The second-order valence-corrected chi connectivity index (χ2v) is 8.46. The molecule has 2 amide bonds. The maximum Gasteiger partial charge on any atom is 0.259 e.